The molecule has 0 radical (unpaired) electrons. The Kier molecular flexibility index (Phi) is 4.74. The number of carbonyl (C=O) groups excluding carboxylic acids is 2. The van der Waals surface area contributed by atoms with Gasteiger partial charge in [-0.15, -0.1) is 0 Å². The molecule has 1 amide bonds. The molecule has 1 fully saturated rings. The Morgan fingerprint density at radius 2 is 2.15 bits per heavy atom. The number of nitrogens with zero attached hydrogens (tertiary/aromatic N) is 1. The predicted molar refractivity (Wildman–Crippen MR) is 73.2 cm³/mol. The Hall–Kier alpha value is -1.88. The van der Waals surface area contributed by atoms with E-state index in [-0.39, 0.29) is 11.9 Å². The van der Waals surface area contributed by atoms with Gasteiger partial charge in [0.25, 0.3) is 5.91 Å². The van der Waals surface area contributed by atoms with Crippen molar-refractivity contribution in [3.63, 3.8) is 0 Å². The van der Waals surface area contributed by atoms with Gasteiger partial charge in [-0.05, 0) is 30.5 Å². The van der Waals surface area contributed by atoms with Gasteiger partial charge in [0.1, 0.15) is 6.04 Å². The van der Waals surface area contributed by atoms with Crippen molar-refractivity contribution in [1.82, 2.24) is 4.90 Å². The number of benzene rings is 1. The number of carbonyl (C=O) groups is 2. The highest BCUT2D eigenvalue weighted by molar-refractivity contribution is 5.97. The van der Waals surface area contributed by atoms with Gasteiger partial charge in [0, 0.05) is 19.2 Å². The highest BCUT2D eigenvalue weighted by Crippen LogP contribution is 2.21. The third kappa shape index (κ3) is 2.99. The fourth-order valence-corrected chi connectivity index (χ4v) is 2.52. The van der Waals surface area contributed by atoms with E-state index in [1.807, 2.05) is 12.1 Å². The van der Waals surface area contributed by atoms with Crippen LogP contribution in [-0.4, -0.2) is 43.6 Å². The lowest BCUT2D eigenvalue weighted by molar-refractivity contribution is -0.145. The lowest BCUT2D eigenvalue weighted by atomic mass is 10.1. The standard InChI is InChI=1S/C15H19NO4/c1-19-10-11-5-3-6-12(9-11)14(17)16-8-4-7-13(16)15(18)20-2/h3,5-6,9,13H,4,7-8,10H2,1-2H3. The van der Waals surface area contributed by atoms with Crippen molar-refractivity contribution in [1.29, 1.82) is 0 Å². The maximum absolute atomic E-state index is 12.5. The van der Waals surface area contributed by atoms with E-state index in [1.54, 1.807) is 24.1 Å². The molecule has 0 spiro atoms. The number of hydrogen-bond acceptors (Lipinski definition) is 4. The Bertz CT molecular complexity index is 500. The molecular formula is C15H19NO4. The maximum atomic E-state index is 12.5. The monoisotopic (exact) mass is 277 g/mol. The molecule has 1 aliphatic rings. The summed E-state index contributed by atoms with van der Waals surface area (Å²) in [5.41, 5.74) is 1.52. The van der Waals surface area contributed by atoms with Crippen molar-refractivity contribution >= 4 is 11.9 Å². The molecule has 1 saturated heterocycles. The number of likely N-dealkylation sites (tertiary alicyclic amines) is 1. The minimum Gasteiger partial charge on any atom is -0.467 e. The third-order valence-corrected chi connectivity index (χ3v) is 3.47. The number of amides is 1. The summed E-state index contributed by atoms with van der Waals surface area (Å²) in [5.74, 6) is -0.472. The first-order valence-electron chi connectivity index (χ1n) is 6.64. The van der Waals surface area contributed by atoms with Crippen LogP contribution in [-0.2, 0) is 20.9 Å². The van der Waals surface area contributed by atoms with E-state index in [4.69, 9.17) is 9.47 Å². The molecule has 1 atom stereocenters. The highest BCUT2D eigenvalue weighted by atomic mass is 16.5. The summed E-state index contributed by atoms with van der Waals surface area (Å²) >= 11 is 0. The van der Waals surface area contributed by atoms with E-state index in [9.17, 15) is 9.59 Å². The normalized spacial score (nSPS) is 18.1. The van der Waals surface area contributed by atoms with Crippen LogP contribution in [0, 0.1) is 0 Å². The molecule has 1 heterocycles. The molecule has 5 heteroatoms. The van der Waals surface area contributed by atoms with Crippen LogP contribution in [0.2, 0.25) is 0 Å². The minimum atomic E-state index is -0.460. The van der Waals surface area contributed by atoms with Gasteiger partial charge in [0.15, 0.2) is 0 Å². The van der Waals surface area contributed by atoms with Crippen LogP contribution in [0.5, 0.6) is 0 Å². The third-order valence-electron chi connectivity index (χ3n) is 3.47. The number of esters is 1. The molecule has 0 bridgehead atoms. The van der Waals surface area contributed by atoms with Gasteiger partial charge in [-0.2, -0.15) is 0 Å². The van der Waals surface area contributed by atoms with Gasteiger partial charge in [-0.25, -0.2) is 4.79 Å². The average molecular weight is 277 g/mol. The molecule has 2 rings (SSSR count). The van der Waals surface area contributed by atoms with E-state index >= 15 is 0 Å². The first kappa shape index (κ1) is 14.5. The summed E-state index contributed by atoms with van der Waals surface area (Å²) in [6.07, 6.45) is 1.49. The maximum Gasteiger partial charge on any atom is 0.328 e. The van der Waals surface area contributed by atoms with Crippen LogP contribution in [0.1, 0.15) is 28.8 Å². The summed E-state index contributed by atoms with van der Waals surface area (Å²) in [6.45, 7) is 1.05. The second kappa shape index (κ2) is 6.52. The fourth-order valence-electron chi connectivity index (χ4n) is 2.52. The lowest BCUT2D eigenvalue weighted by Crippen LogP contribution is -2.41. The topological polar surface area (TPSA) is 55.8 Å². The zero-order valence-corrected chi connectivity index (χ0v) is 11.8. The molecule has 1 unspecified atom stereocenters. The van der Waals surface area contributed by atoms with Crippen LogP contribution in [0.25, 0.3) is 0 Å². The summed E-state index contributed by atoms with van der Waals surface area (Å²) in [5, 5.41) is 0. The summed E-state index contributed by atoms with van der Waals surface area (Å²) < 4.78 is 9.83. The Labute approximate surface area is 118 Å². The molecule has 0 aromatic heterocycles. The Morgan fingerprint density at radius 1 is 1.35 bits per heavy atom. The molecule has 1 aliphatic heterocycles. The Morgan fingerprint density at radius 3 is 2.85 bits per heavy atom. The van der Waals surface area contributed by atoms with Crippen molar-refractivity contribution in [3.05, 3.63) is 35.4 Å². The van der Waals surface area contributed by atoms with Gasteiger partial charge in [0.2, 0.25) is 0 Å². The van der Waals surface area contributed by atoms with Crippen LogP contribution < -0.4 is 0 Å². The fraction of sp³-hybridized carbons (Fsp3) is 0.467. The molecule has 0 aliphatic carbocycles. The van der Waals surface area contributed by atoms with Gasteiger partial charge in [-0.3, -0.25) is 4.79 Å². The average Bonchev–Trinajstić information content (AvgIpc) is 2.95. The molecule has 108 valence electrons. The molecule has 0 saturated carbocycles. The molecule has 1 aromatic carbocycles. The van der Waals surface area contributed by atoms with E-state index < -0.39 is 6.04 Å². The van der Waals surface area contributed by atoms with Crippen molar-refractivity contribution in [2.24, 2.45) is 0 Å². The molecular weight excluding hydrogens is 258 g/mol. The first-order chi connectivity index (χ1) is 9.67. The highest BCUT2D eigenvalue weighted by Gasteiger charge is 2.35. The smallest absolute Gasteiger partial charge is 0.328 e. The van der Waals surface area contributed by atoms with E-state index in [1.165, 1.54) is 7.11 Å². The summed E-state index contributed by atoms with van der Waals surface area (Å²) in [6, 6.07) is 6.83. The SMILES string of the molecule is COCc1cccc(C(=O)N2CCCC2C(=O)OC)c1. The van der Waals surface area contributed by atoms with Crippen molar-refractivity contribution in [3.8, 4) is 0 Å². The zero-order chi connectivity index (χ0) is 14.5. The lowest BCUT2D eigenvalue weighted by Gasteiger charge is -2.22. The van der Waals surface area contributed by atoms with Crippen LogP contribution >= 0.6 is 0 Å². The molecule has 0 N–H and O–H groups in total. The zero-order valence-electron chi connectivity index (χ0n) is 11.8. The number of ether oxygens (including phenoxy) is 2. The van der Waals surface area contributed by atoms with Crippen LogP contribution in [0.15, 0.2) is 24.3 Å². The van der Waals surface area contributed by atoms with Crippen LogP contribution in [0.3, 0.4) is 0 Å². The van der Waals surface area contributed by atoms with Crippen molar-refractivity contribution in [2.45, 2.75) is 25.5 Å². The van der Waals surface area contributed by atoms with Gasteiger partial charge in [-0.1, -0.05) is 12.1 Å². The molecule has 5 nitrogen and oxygen atoms in total. The predicted octanol–water partition coefficient (Wildman–Crippen LogP) is 1.61. The quantitative estimate of drug-likeness (QED) is 0.785. The number of rotatable bonds is 4. The minimum absolute atomic E-state index is 0.129. The van der Waals surface area contributed by atoms with E-state index in [0.29, 0.717) is 25.1 Å². The summed E-state index contributed by atoms with van der Waals surface area (Å²) in [4.78, 5) is 25.8. The number of methoxy groups -OCH3 is 2. The van der Waals surface area contributed by atoms with Gasteiger partial charge < -0.3 is 14.4 Å². The van der Waals surface area contributed by atoms with Crippen molar-refractivity contribution < 1.29 is 19.1 Å². The van der Waals surface area contributed by atoms with Gasteiger partial charge >= 0.3 is 5.97 Å². The summed E-state index contributed by atoms with van der Waals surface area (Å²) in [7, 11) is 2.96. The van der Waals surface area contributed by atoms with E-state index in [0.717, 1.165) is 12.0 Å². The van der Waals surface area contributed by atoms with Crippen LogP contribution in [0.4, 0.5) is 0 Å². The van der Waals surface area contributed by atoms with E-state index in [2.05, 4.69) is 0 Å². The second-order valence-electron chi connectivity index (χ2n) is 4.81. The largest absolute Gasteiger partial charge is 0.467 e. The molecule has 1 aromatic rings. The van der Waals surface area contributed by atoms with Crippen molar-refractivity contribution in [2.75, 3.05) is 20.8 Å². The van der Waals surface area contributed by atoms with Gasteiger partial charge in [0.05, 0.1) is 13.7 Å². The molecule has 20 heavy (non-hydrogen) atoms. The number of hydrogen-bond donors (Lipinski definition) is 0. The first-order valence-corrected chi connectivity index (χ1v) is 6.64. The second-order valence-corrected chi connectivity index (χ2v) is 4.81. The Balaban J connectivity index is 2.17.